The Balaban J connectivity index is 1.84. The molecule has 20 heavy (non-hydrogen) atoms. The van der Waals surface area contributed by atoms with Crippen molar-refractivity contribution in [1.29, 1.82) is 0 Å². The highest BCUT2D eigenvalue weighted by molar-refractivity contribution is 6.10. The lowest BCUT2D eigenvalue weighted by atomic mass is 10.0. The van der Waals surface area contributed by atoms with Gasteiger partial charge in [-0.3, -0.25) is 9.69 Å². The molecular weight excluding hydrogens is 252 g/mol. The van der Waals surface area contributed by atoms with E-state index in [-0.39, 0.29) is 17.9 Å². The van der Waals surface area contributed by atoms with Gasteiger partial charge in [-0.15, -0.1) is 0 Å². The topological polar surface area (TPSA) is 45.3 Å². The van der Waals surface area contributed by atoms with Gasteiger partial charge >= 0.3 is 0 Å². The van der Waals surface area contributed by atoms with Crippen LogP contribution in [0.25, 0.3) is 10.9 Å². The molecule has 1 fully saturated rings. The third kappa shape index (κ3) is 2.37. The van der Waals surface area contributed by atoms with Gasteiger partial charge < -0.3 is 9.72 Å². The number of carbonyl (C=O) groups is 1. The lowest BCUT2D eigenvalue weighted by Crippen LogP contribution is -2.48. The van der Waals surface area contributed by atoms with Crippen LogP contribution in [0.15, 0.2) is 30.5 Å². The van der Waals surface area contributed by atoms with Crippen molar-refractivity contribution in [2.24, 2.45) is 0 Å². The molecule has 4 nitrogen and oxygen atoms in total. The average Bonchev–Trinajstić information content (AvgIpc) is 2.89. The first kappa shape index (κ1) is 13.3. The summed E-state index contributed by atoms with van der Waals surface area (Å²) in [6.45, 7) is 6.37. The molecule has 1 aliphatic heterocycles. The first-order valence-corrected chi connectivity index (χ1v) is 7.13. The number of hydrogen-bond acceptors (Lipinski definition) is 3. The summed E-state index contributed by atoms with van der Waals surface area (Å²) in [4.78, 5) is 18.1. The van der Waals surface area contributed by atoms with Crippen molar-refractivity contribution in [2.45, 2.75) is 26.0 Å². The quantitative estimate of drug-likeness (QED) is 0.873. The van der Waals surface area contributed by atoms with E-state index in [1.54, 1.807) is 0 Å². The predicted molar refractivity (Wildman–Crippen MR) is 79.1 cm³/mol. The third-order valence-corrected chi connectivity index (χ3v) is 4.05. The Bertz CT molecular complexity index is 620. The number of aromatic nitrogens is 1. The van der Waals surface area contributed by atoms with Crippen LogP contribution >= 0.6 is 0 Å². The largest absolute Gasteiger partial charge is 0.376 e. The maximum absolute atomic E-state index is 12.7. The van der Waals surface area contributed by atoms with Crippen molar-refractivity contribution in [3.63, 3.8) is 0 Å². The summed E-state index contributed by atoms with van der Waals surface area (Å²) in [6.07, 6.45) is 2.02. The zero-order valence-electron chi connectivity index (χ0n) is 11.9. The summed E-state index contributed by atoms with van der Waals surface area (Å²) in [7, 11) is 0. The predicted octanol–water partition coefficient (Wildman–Crippen LogP) is 2.46. The molecular formula is C16H20N2O2. The maximum Gasteiger partial charge on any atom is 0.181 e. The Kier molecular flexibility index (Phi) is 3.59. The summed E-state index contributed by atoms with van der Waals surface area (Å²) in [5.74, 6) is 0.177. The number of aromatic amines is 1. The van der Waals surface area contributed by atoms with E-state index < -0.39 is 0 Å². The molecule has 1 aliphatic rings. The minimum Gasteiger partial charge on any atom is -0.376 e. The number of Topliss-reactive ketones (excluding diaryl/α,β-unsaturated/α-hetero) is 1. The van der Waals surface area contributed by atoms with Crippen LogP contribution < -0.4 is 0 Å². The molecule has 2 atom stereocenters. The van der Waals surface area contributed by atoms with Gasteiger partial charge in [-0.1, -0.05) is 18.2 Å². The number of fused-ring (bicyclic) bond motifs is 1. The molecule has 4 heteroatoms. The number of H-pyrrole nitrogens is 1. The Labute approximate surface area is 118 Å². The number of para-hydroxylation sites is 1. The maximum atomic E-state index is 12.7. The van der Waals surface area contributed by atoms with Crippen LogP contribution in [0.2, 0.25) is 0 Å². The van der Waals surface area contributed by atoms with Crippen LogP contribution in [0.5, 0.6) is 0 Å². The molecule has 1 aromatic heterocycles. The van der Waals surface area contributed by atoms with E-state index in [1.165, 1.54) is 0 Å². The van der Waals surface area contributed by atoms with Gasteiger partial charge in [-0.2, -0.15) is 0 Å². The first-order valence-electron chi connectivity index (χ1n) is 7.13. The number of ether oxygens (including phenoxy) is 1. The average molecular weight is 272 g/mol. The van der Waals surface area contributed by atoms with Crippen molar-refractivity contribution >= 4 is 16.7 Å². The van der Waals surface area contributed by atoms with Crippen LogP contribution in [-0.2, 0) is 4.74 Å². The third-order valence-electron chi connectivity index (χ3n) is 4.05. The summed E-state index contributed by atoms with van der Waals surface area (Å²) in [5, 5.41) is 1.01. The lowest BCUT2D eigenvalue weighted by molar-refractivity contribution is -0.0277. The van der Waals surface area contributed by atoms with Crippen LogP contribution in [0.3, 0.4) is 0 Å². The minimum absolute atomic E-state index is 0.111. The first-order chi connectivity index (χ1) is 9.66. The number of ketones is 1. The zero-order valence-corrected chi connectivity index (χ0v) is 11.9. The fourth-order valence-corrected chi connectivity index (χ4v) is 2.86. The van der Waals surface area contributed by atoms with Gasteiger partial charge in [0.1, 0.15) is 0 Å². The Morgan fingerprint density at radius 2 is 2.25 bits per heavy atom. The molecule has 0 amide bonds. The van der Waals surface area contributed by atoms with E-state index >= 15 is 0 Å². The van der Waals surface area contributed by atoms with E-state index in [0.29, 0.717) is 6.61 Å². The number of morpholine rings is 1. The number of nitrogens with zero attached hydrogens (tertiary/aromatic N) is 1. The van der Waals surface area contributed by atoms with E-state index in [1.807, 2.05) is 37.4 Å². The summed E-state index contributed by atoms with van der Waals surface area (Å²) in [6, 6.07) is 7.82. The van der Waals surface area contributed by atoms with Crippen molar-refractivity contribution < 1.29 is 9.53 Å². The van der Waals surface area contributed by atoms with E-state index in [0.717, 1.165) is 29.6 Å². The zero-order chi connectivity index (χ0) is 14.1. The molecule has 106 valence electrons. The van der Waals surface area contributed by atoms with Gasteiger partial charge in [-0.05, 0) is 19.9 Å². The second-order valence-electron chi connectivity index (χ2n) is 5.46. The van der Waals surface area contributed by atoms with E-state index in [4.69, 9.17) is 4.74 Å². The van der Waals surface area contributed by atoms with Crippen molar-refractivity contribution in [2.75, 3.05) is 19.7 Å². The monoisotopic (exact) mass is 272 g/mol. The van der Waals surface area contributed by atoms with Crippen LogP contribution in [-0.4, -0.2) is 47.5 Å². The van der Waals surface area contributed by atoms with Gasteiger partial charge in [0.15, 0.2) is 5.78 Å². The van der Waals surface area contributed by atoms with E-state index in [2.05, 4.69) is 16.8 Å². The molecule has 1 saturated heterocycles. The SMILES string of the molecule is C[C@H]1CN([C@@H](C)C(=O)c2c[nH]c3ccccc23)CCO1. The molecule has 0 unspecified atom stereocenters. The second kappa shape index (κ2) is 5.38. The summed E-state index contributed by atoms with van der Waals surface area (Å²) >= 11 is 0. The highest BCUT2D eigenvalue weighted by Gasteiger charge is 2.27. The molecule has 0 radical (unpaired) electrons. The number of benzene rings is 1. The molecule has 3 rings (SSSR count). The van der Waals surface area contributed by atoms with Gasteiger partial charge in [0.2, 0.25) is 0 Å². The number of hydrogen-bond donors (Lipinski definition) is 1. The van der Waals surface area contributed by atoms with Gasteiger partial charge in [-0.25, -0.2) is 0 Å². The minimum atomic E-state index is -0.111. The summed E-state index contributed by atoms with van der Waals surface area (Å²) in [5.41, 5.74) is 1.80. The molecule has 1 aromatic carbocycles. The number of rotatable bonds is 3. The fourth-order valence-electron chi connectivity index (χ4n) is 2.86. The van der Waals surface area contributed by atoms with Gasteiger partial charge in [0.25, 0.3) is 0 Å². The van der Waals surface area contributed by atoms with Crippen LogP contribution in [0.1, 0.15) is 24.2 Å². The molecule has 2 heterocycles. The molecule has 0 spiro atoms. The second-order valence-corrected chi connectivity index (χ2v) is 5.46. The molecule has 0 saturated carbocycles. The van der Waals surface area contributed by atoms with Crippen molar-refractivity contribution in [3.05, 3.63) is 36.0 Å². The highest BCUT2D eigenvalue weighted by atomic mass is 16.5. The van der Waals surface area contributed by atoms with Crippen molar-refractivity contribution in [3.8, 4) is 0 Å². The normalized spacial score (nSPS) is 22.0. The Hall–Kier alpha value is -1.65. The van der Waals surface area contributed by atoms with Crippen molar-refractivity contribution in [1.82, 2.24) is 9.88 Å². The molecule has 0 bridgehead atoms. The van der Waals surface area contributed by atoms with Crippen LogP contribution in [0, 0.1) is 0 Å². The summed E-state index contributed by atoms with van der Waals surface area (Å²) < 4.78 is 5.54. The highest BCUT2D eigenvalue weighted by Crippen LogP contribution is 2.21. The Morgan fingerprint density at radius 3 is 3.05 bits per heavy atom. The van der Waals surface area contributed by atoms with E-state index in [9.17, 15) is 4.79 Å². The fraction of sp³-hybridized carbons (Fsp3) is 0.438. The smallest absolute Gasteiger partial charge is 0.181 e. The molecule has 1 N–H and O–H groups in total. The van der Waals surface area contributed by atoms with Gasteiger partial charge in [0.05, 0.1) is 18.8 Å². The Morgan fingerprint density at radius 1 is 1.45 bits per heavy atom. The standard InChI is InChI=1S/C16H20N2O2/c1-11-10-18(7-8-20-11)12(2)16(19)14-9-17-15-6-4-3-5-13(14)15/h3-6,9,11-12,17H,7-8,10H2,1-2H3/t11-,12-/m0/s1. The molecule has 2 aromatic rings. The number of carbonyl (C=O) groups excluding carboxylic acids is 1. The lowest BCUT2D eigenvalue weighted by Gasteiger charge is -2.34. The van der Waals surface area contributed by atoms with Gasteiger partial charge in [0, 0.05) is 35.8 Å². The molecule has 0 aliphatic carbocycles. The van der Waals surface area contributed by atoms with Crippen LogP contribution in [0.4, 0.5) is 0 Å². The number of nitrogens with one attached hydrogen (secondary N) is 1.